The number of hydrogen-bond donors (Lipinski definition) is 0. The molecule has 4 aromatic carbocycles. The monoisotopic (exact) mass is 936 g/mol. The summed E-state index contributed by atoms with van der Waals surface area (Å²) in [5.41, 5.74) is 9.46. The Balaban J connectivity index is 0.000000169. The van der Waals surface area contributed by atoms with Gasteiger partial charge in [0.05, 0.1) is 74.4 Å². The predicted molar refractivity (Wildman–Crippen MR) is 242 cm³/mol. The molecule has 4 aliphatic heterocycles. The van der Waals surface area contributed by atoms with Gasteiger partial charge >= 0.3 is 47.8 Å². The number of ether oxygens (including phenoxy) is 8. The standard InChI is InChI=1S/4C13H14O4/c4*1-3-16-12(14)7-11-10-6-8(2)4-5-9(10)13(15)17-11/h4*4-6,11H,3,7H2,1-2H3/t4*11-/m1111/s1. The fourth-order valence-electron chi connectivity index (χ4n) is 7.65. The highest BCUT2D eigenvalue weighted by Crippen LogP contribution is 2.37. The second-order valence-corrected chi connectivity index (χ2v) is 16.0. The quantitative estimate of drug-likeness (QED) is 0.0961. The average molecular weight is 937 g/mol. The Morgan fingerprint density at radius 2 is 0.559 bits per heavy atom. The highest BCUT2D eigenvalue weighted by molar-refractivity contribution is 5.96. The molecule has 0 amide bonds. The van der Waals surface area contributed by atoms with E-state index >= 15 is 0 Å². The van der Waals surface area contributed by atoms with E-state index in [0.29, 0.717) is 48.7 Å². The molecular weight excluding hydrogens is 881 g/mol. The van der Waals surface area contributed by atoms with Gasteiger partial charge in [-0.05, 0) is 79.7 Å². The summed E-state index contributed by atoms with van der Waals surface area (Å²) in [5, 5.41) is 0. The van der Waals surface area contributed by atoms with Gasteiger partial charge in [0.1, 0.15) is 24.4 Å². The van der Waals surface area contributed by atoms with E-state index in [1.54, 1.807) is 52.0 Å². The van der Waals surface area contributed by atoms with Gasteiger partial charge < -0.3 is 37.9 Å². The Labute approximate surface area is 394 Å². The van der Waals surface area contributed by atoms with Crippen molar-refractivity contribution >= 4 is 47.8 Å². The first-order valence-corrected chi connectivity index (χ1v) is 22.3. The molecule has 0 aromatic heterocycles. The number of esters is 8. The number of cyclic esters (lactones) is 4. The summed E-state index contributed by atoms with van der Waals surface area (Å²) in [6.45, 7) is 16.1. The van der Waals surface area contributed by atoms with Crippen LogP contribution in [0.5, 0.6) is 0 Å². The number of aryl methyl sites for hydroxylation is 4. The number of benzene rings is 4. The molecule has 68 heavy (non-hydrogen) atoms. The van der Waals surface area contributed by atoms with Gasteiger partial charge in [0.15, 0.2) is 0 Å². The molecule has 0 bridgehead atoms. The summed E-state index contributed by atoms with van der Waals surface area (Å²) < 4.78 is 40.1. The third kappa shape index (κ3) is 13.4. The van der Waals surface area contributed by atoms with Crippen LogP contribution in [0.15, 0.2) is 72.8 Å². The Morgan fingerprint density at radius 1 is 0.368 bits per heavy atom. The fourth-order valence-corrected chi connectivity index (χ4v) is 7.65. The topological polar surface area (TPSA) is 210 Å². The molecule has 360 valence electrons. The van der Waals surface area contributed by atoms with Gasteiger partial charge in [0.2, 0.25) is 0 Å². The van der Waals surface area contributed by atoms with Crippen LogP contribution in [0.2, 0.25) is 0 Å². The molecule has 4 atom stereocenters. The zero-order chi connectivity index (χ0) is 49.7. The highest BCUT2D eigenvalue weighted by atomic mass is 16.6. The lowest BCUT2D eigenvalue weighted by Gasteiger charge is -2.09. The van der Waals surface area contributed by atoms with Crippen molar-refractivity contribution in [1.29, 1.82) is 0 Å². The van der Waals surface area contributed by atoms with Crippen LogP contribution in [-0.2, 0) is 57.1 Å². The second kappa shape index (κ2) is 23.9. The second-order valence-electron chi connectivity index (χ2n) is 16.0. The molecule has 16 nitrogen and oxygen atoms in total. The van der Waals surface area contributed by atoms with Gasteiger partial charge in [0.25, 0.3) is 0 Å². The molecule has 4 aliphatic rings. The molecule has 16 heteroatoms. The number of rotatable bonds is 12. The fraction of sp³-hybridized carbons (Fsp3) is 0.385. The van der Waals surface area contributed by atoms with Crippen molar-refractivity contribution in [2.75, 3.05) is 26.4 Å². The Morgan fingerprint density at radius 3 is 0.735 bits per heavy atom. The van der Waals surface area contributed by atoms with Crippen molar-refractivity contribution in [3.05, 3.63) is 140 Å². The minimum atomic E-state index is -0.503. The predicted octanol–water partition coefficient (Wildman–Crippen LogP) is 8.64. The summed E-state index contributed by atoms with van der Waals surface area (Å²) in [4.78, 5) is 91.8. The first-order valence-electron chi connectivity index (χ1n) is 22.3. The van der Waals surface area contributed by atoms with E-state index in [-0.39, 0.29) is 73.4 Å². The van der Waals surface area contributed by atoms with Crippen LogP contribution < -0.4 is 0 Å². The third-order valence-electron chi connectivity index (χ3n) is 10.7. The first-order chi connectivity index (χ1) is 32.5. The normalized spacial score (nSPS) is 17.5. The maximum atomic E-state index is 11.6. The van der Waals surface area contributed by atoms with E-state index < -0.39 is 24.4 Å². The van der Waals surface area contributed by atoms with Crippen molar-refractivity contribution < 1.29 is 76.3 Å². The summed E-state index contributed by atoms with van der Waals surface area (Å²) >= 11 is 0. The maximum Gasteiger partial charge on any atom is 0.339 e. The zero-order valence-electron chi connectivity index (χ0n) is 39.4. The highest BCUT2D eigenvalue weighted by Gasteiger charge is 2.36. The van der Waals surface area contributed by atoms with Crippen molar-refractivity contribution in [3.63, 3.8) is 0 Å². The summed E-state index contributed by atoms with van der Waals surface area (Å²) in [6.07, 6.45) is -1.70. The van der Waals surface area contributed by atoms with Gasteiger partial charge in [-0.25, -0.2) is 19.2 Å². The minimum Gasteiger partial charge on any atom is -0.466 e. The lowest BCUT2D eigenvalue weighted by molar-refractivity contribution is -0.146. The number of carbonyl (C=O) groups excluding carboxylic acids is 8. The molecule has 4 aromatic rings. The largest absolute Gasteiger partial charge is 0.466 e. The average Bonchev–Trinajstić information content (AvgIpc) is 3.96. The number of fused-ring (bicyclic) bond motifs is 4. The lowest BCUT2D eigenvalue weighted by Crippen LogP contribution is -2.10. The van der Waals surface area contributed by atoms with E-state index in [2.05, 4.69) is 0 Å². The Kier molecular flexibility index (Phi) is 18.1. The molecule has 0 unspecified atom stereocenters. The van der Waals surface area contributed by atoms with Crippen LogP contribution >= 0.6 is 0 Å². The van der Waals surface area contributed by atoms with Crippen LogP contribution in [0, 0.1) is 27.7 Å². The van der Waals surface area contributed by atoms with E-state index in [4.69, 9.17) is 37.9 Å². The van der Waals surface area contributed by atoms with E-state index in [9.17, 15) is 38.4 Å². The van der Waals surface area contributed by atoms with Gasteiger partial charge in [-0.15, -0.1) is 0 Å². The van der Waals surface area contributed by atoms with E-state index in [1.807, 2.05) is 76.2 Å². The minimum absolute atomic E-state index is 0.0794. The Bertz CT molecular complexity index is 2210. The zero-order valence-corrected chi connectivity index (χ0v) is 39.4. The smallest absolute Gasteiger partial charge is 0.339 e. The van der Waals surface area contributed by atoms with Crippen molar-refractivity contribution in [1.82, 2.24) is 0 Å². The number of carbonyl (C=O) groups is 8. The molecule has 0 saturated heterocycles. The van der Waals surface area contributed by atoms with Crippen molar-refractivity contribution in [2.45, 2.75) is 105 Å². The molecule has 0 saturated carbocycles. The number of hydrogen-bond acceptors (Lipinski definition) is 16. The molecule has 4 heterocycles. The molecular formula is C52H56O16. The van der Waals surface area contributed by atoms with Crippen molar-refractivity contribution in [2.24, 2.45) is 0 Å². The molecule has 0 fully saturated rings. The van der Waals surface area contributed by atoms with Crippen LogP contribution in [0.25, 0.3) is 0 Å². The Hall–Kier alpha value is -7.36. The van der Waals surface area contributed by atoms with E-state index in [0.717, 1.165) is 44.5 Å². The third-order valence-corrected chi connectivity index (χ3v) is 10.7. The molecule has 0 aliphatic carbocycles. The van der Waals surface area contributed by atoms with Crippen LogP contribution in [-0.4, -0.2) is 74.2 Å². The summed E-state index contributed by atoms with van der Waals surface area (Å²) in [5.74, 6) is -2.86. The van der Waals surface area contributed by atoms with Crippen molar-refractivity contribution in [3.8, 4) is 0 Å². The maximum absolute atomic E-state index is 11.6. The first kappa shape index (κ1) is 51.6. The summed E-state index contributed by atoms with van der Waals surface area (Å²) in [7, 11) is 0. The molecule has 0 radical (unpaired) electrons. The molecule has 0 spiro atoms. The van der Waals surface area contributed by atoms with E-state index in [1.165, 1.54) is 0 Å². The van der Waals surface area contributed by atoms with Crippen LogP contribution in [0.4, 0.5) is 0 Å². The lowest BCUT2D eigenvalue weighted by atomic mass is 10.0. The van der Waals surface area contributed by atoms with Crippen LogP contribution in [0.1, 0.15) is 164 Å². The SMILES string of the molecule is CCOC(=O)C[C@H]1OC(=O)c2ccc(C)cc21.CCOC(=O)C[C@H]1OC(=O)c2ccc(C)cc21.CCOC(=O)C[C@H]1OC(=O)c2ccc(C)cc21.CCOC(=O)C[C@H]1OC(=O)c2ccc(C)cc21. The van der Waals surface area contributed by atoms with Gasteiger partial charge in [-0.1, -0.05) is 70.8 Å². The van der Waals surface area contributed by atoms with Gasteiger partial charge in [-0.2, -0.15) is 0 Å². The van der Waals surface area contributed by atoms with Crippen LogP contribution in [0.3, 0.4) is 0 Å². The molecule has 0 N–H and O–H groups in total. The summed E-state index contributed by atoms with van der Waals surface area (Å²) in [6, 6.07) is 21.9. The van der Waals surface area contributed by atoms with Gasteiger partial charge in [0, 0.05) is 22.3 Å². The molecule has 8 rings (SSSR count). The van der Waals surface area contributed by atoms with Gasteiger partial charge in [-0.3, -0.25) is 19.2 Å².